The van der Waals surface area contributed by atoms with Gasteiger partial charge in [-0.05, 0) is 29.9 Å². The third-order valence-electron chi connectivity index (χ3n) is 1.53. The fourth-order valence-electron chi connectivity index (χ4n) is 0.915. The summed E-state index contributed by atoms with van der Waals surface area (Å²) in [5, 5.41) is 0.819. The fraction of sp³-hybridized carbons (Fsp3) is 0.400. The van der Waals surface area contributed by atoms with Crippen LogP contribution in [0, 0.1) is 0 Å². The first kappa shape index (κ1) is 9.94. The van der Waals surface area contributed by atoms with E-state index in [1.807, 2.05) is 23.9 Å². The van der Waals surface area contributed by atoms with Gasteiger partial charge in [0.15, 0.2) is 0 Å². The van der Waals surface area contributed by atoms with Gasteiger partial charge in [0.2, 0.25) is 0 Å². The number of hydrogen-bond acceptors (Lipinski definition) is 1. The van der Waals surface area contributed by atoms with Crippen molar-refractivity contribution in [1.29, 1.82) is 0 Å². The average Bonchev–Trinajstić information content (AvgIpc) is 2.09. The third-order valence-corrected chi connectivity index (χ3v) is 3.02. The molecule has 0 saturated heterocycles. The predicted octanol–water partition coefficient (Wildman–Crippen LogP) is 3.98. The molecule has 0 heterocycles. The summed E-state index contributed by atoms with van der Waals surface area (Å²) in [6.45, 7) is 2.20. The number of halogens is 1. The molecule has 0 spiro atoms. The van der Waals surface area contributed by atoms with Crippen LogP contribution in [0.1, 0.15) is 18.9 Å². The normalized spacial score (nSPS) is 10.2. The van der Waals surface area contributed by atoms with E-state index in [-0.39, 0.29) is 0 Å². The Labute approximate surface area is 83.3 Å². The Morgan fingerprint density at radius 2 is 1.92 bits per heavy atom. The molecule has 0 N–H and O–H groups in total. The second kappa shape index (κ2) is 5.50. The zero-order chi connectivity index (χ0) is 8.81. The monoisotopic (exact) mass is 200 g/mol. The van der Waals surface area contributed by atoms with Gasteiger partial charge in [-0.3, -0.25) is 0 Å². The van der Waals surface area contributed by atoms with Gasteiger partial charge in [-0.1, -0.05) is 30.7 Å². The minimum absolute atomic E-state index is 0.819. The molecule has 0 fully saturated rings. The molecule has 1 rings (SSSR count). The highest BCUT2D eigenvalue weighted by molar-refractivity contribution is 7.98. The van der Waals surface area contributed by atoms with Crippen LogP contribution in [0.3, 0.4) is 0 Å². The molecule has 0 bridgehead atoms. The zero-order valence-electron chi connectivity index (χ0n) is 7.22. The van der Waals surface area contributed by atoms with E-state index < -0.39 is 0 Å². The highest BCUT2D eigenvalue weighted by Crippen LogP contribution is 2.15. The first-order chi connectivity index (χ1) is 5.83. The number of rotatable bonds is 4. The molecule has 2 heteroatoms. The quantitative estimate of drug-likeness (QED) is 0.663. The van der Waals surface area contributed by atoms with Crippen LogP contribution in [0.2, 0.25) is 5.02 Å². The first-order valence-electron chi connectivity index (χ1n) is 4.15. The third kappa shape index (κ3) is 3.51. The molecule has 0 amide bonds. The summed E-state index contributed by atoms with van der Waals surface area (Å²) in [5.41, 5.74) is 1.36. The molecular weight excluding hydrogens is 188 g/mol. The van der Waals surface area contributed by atoms with Crippen molar-refractivity contribution in [3.05, 3.63) is 34.9 Å². The van der Waals surface area contributed by atoms with Crippen molar-refractivity contribution in [2.45, 2.75) is 19.1 Å². The molecule has 0 radical (unpaired) electrons. The van der Waals surface area contributed by atoms with E-state index in [1.165, 1.54) is 17.7 Å². The molecule has 0 aliphatic heterocycles. The molecule has 0 atom stereocenters. The molecule has 0 aromatic heterocycles. The van der Waals surface area contributed by atoms with Gasteiger partial charge in [0.1, 0.15) is 0 Å². The second-order valence-corrected chi connectivity index (χ2v) is 4.22. The van der Waals surface area contributed by atoms with Crippen molar-refractivity contribution in [3.8, 4) is 0 Å². The lowest BCUT2D eigenvalue weighted by molar-refractivity contribution is 1.10. The van der Waals surface area contributed by atoms with E-state index >= 15 is 0 Å². The lowest BCUT2D eigenvalue weighted by atomic mass is 10.2. The Morgan fingerprint density at radius 3 is 2.50 bits per heavy atom. The SMILES string of the molecule is CCCSCc1ccc(Cl)cc1. The molecule has 12 heavy (non-hydrogen) atoms. The summed E-state index contributed by atoms with van der Waals surface area (Å²) in [5.74, 6) is 2.34. The fourth-order valence-corrected chi connectivity index (χ4v) is 1.90. The molecule has 0 nitrogen and oxygen atoms in total. The van der Waals surface area contributed by atoms with Gasteiger partial charge in [0.05, 0.1) is 0 Å². The van der Waals surface area contributed by atoms with Gasteiger partial charge in [-0.25, -0.2) is 0 Å². The minimum Gasteiger partial charge on any atom is -0.157 e. The summed E-state index contributed by atoms with van der Waals surface area (Å²) < 4.78 is 0. The maximum absolute atomic E-state index is 5.77. The summed E-state index contributed by atoms with van der Waals surface area (Å²) in [6, 6.07) is 8.07. The lowest BCUT2D eigenvalue weighted by Crippen LogP contribution is -1.81. The van der Waals surface area contributed by atoms with E-state index in [0.717, 1.165) is 10.8 Å². The Morgan fingerprint density at radius 1 is 1.25 bits per heavy atom. The second-order valence-electron chi connectivity index (χ2n) is 2.68. The van der Waals surface area contributed by atoms with Crippen molar-refractivity contribution >= 4 is 23.4 Å². The van der Waals surface area contributed by atoms with Gasteiger partial charge < -0.3 is 0 Å². The standard InChI is InChI=1S/C10H13ClS/c1-2-7-12-8-9-3-5-10(11)6-4-9/h3-6H,2,7-8H2,1H3. The Balaban J connectivity index is 2.37. The first-order valence-corrected chi connectivity index (χ1v) is 5.68. The summed E-state index contributed by atoms with van der Waals surface area (Å²) >= 11 is 7.74. The van der Waals surface area contributed by atoms with Crippen LogP contribution in [0.5, 0.6) is 0 Å². The number of thioether (sulfide) groups is 1. The van der Waals surface area contributed by atoms with Crippen molar-refractivity contribution in [1.82, 2.24) is 0 Å². The number of benzene rings is 1. The molecule has 1 aromatic rings. The predicted molar refractivity (Wildman–Crippen MR) is 57.9 cm³/mol. The summed E-state index contributed by atoms with van der Waals surface area (Å²) in [4.78, 5) is 0. The van der Waals surface area contributed by atoms with Crippen molar-refractivity contribution in [3.63, 3.8) is 0 Å². The van der Waals surface area contributed by atoms with E-state index in [0.29, 0.717) is 0 Å². The highest BCUT2D eigenvalue weighted by atomic mass is 35.5. The van der Waals surface area contributed by atoms with Crippen LogP contribution in [0.4, 0.5) is 0 Å². The Bertz CT molecular complexity index is 218. The van der Waals surface area contributed by atoms with E-state index in [2.05, 4.69) is 19.1 Å². The zero-order valence-corrected chi connectivity index (χ0v) is 8.79. The molecule has 1 aromatic carbocycles. The van der Waals surface area contributed by atoms with Crippen molar-refractivity contribution < 1.29 is 0 Å². The largest absolute Gasteiger partial charge is 0.157 e. The van der Waals surface area contributed by atoms with Gasteiger partial charge in [-0.15, -0.1) is 0 Å². The van der Waals surface area contributed by atoms with Crippen LogP contribution in [0.15, 0.2) is 24.3 Å². The van der Waals surface area contributed by atoms with E-state index in [4.69, 9.17) is 11.6 Å². The van der Waals surface area contributed by atoms with Gasteiger partial charge in [0, 0.05) is 10.8 Å². The average molecular weight is 201 g/mol. The van der Waals surface area contributed by atoms with Crippen molar-refractivity contribution in [2.75, 3.05) is 5.75 Å². The molecule has 66 valence electrons. The molecule has 0 aliphatic rings. The highest BCUT2D eigenvalue weighted by Gasteiger charge is 1.92. The Kier molecular flexibility index (Phi) is 4.55. The van der Waals surface area contributed by atoms with Gasteiger partial charge >= 0.3 is 0 Å². The van der Waals surface area contributed by atoms with Crippen LogP contribution in [-0.4, -0.2) is 5.75 Å². The van der Waals surface area contributed by atoms with Gasteiger partial charge in [0.25, 0.3) is 0 Å². The van der Waals surface area contributed by atoms with E-state index in [1.54, 1.807) is 0 Å². The Hall–Kier alpha value is -0.140. The lowest BCUT2D eigenvalue weighted by Gasteiger charge is -1.99. The van der Waals surface area contributed by atoms with E-state index in [9.17, 15) is 0 Å². The summed E-state index contributed by atoms with van der Waals surface area (Å²) in [7, 11) is 0. The van der Waals surface area contributed by atoms with Crippen LogP contribution in [0.25, 0.3) is 0 Å². The van der Waals surface area contributed by atoms with Crippen LogP contribution in [-0.2, 0) is 5.75 Å². The van der Waals surface area contributed by atoms with Gasteiger partial charge in [-0.2, -0.15) is 11.8 Å². The molecule has 0 aliphatic carbocycles. The maximum atomic E-state index is 5.77. The number of hydrogen-bond donors (Lipinski definition) is 0. The maximum Gasteiger partial charge on any atom is 0.0406 e. The molecule has 0 unspecified atom stereocenters. The van der Waals surface area contributed by atoms with Crippen LogP contribution >= 0.6 is 23.4 Å². The summed E-state index contributed by atoms with van der Waals surface area (Å²) in [6.07, 6.45) is 1.25. The molecule has 0 saturated carbocycles. The van der Waals surface area contributed by atoms with Crippen LogP contribution < -0.4 is 0 Å². The van der Waals surface area contributed by atoms with Crippen molar-refractivity contribution in [2.24, 2.45) is 0 Å². The topological polar surface area (TPSA) is 0 Å². The smallest absolute Gasteiger partial charge is 0.0406 e. The molecular formula is C10H13ClS. The minimum atomic E-state index is 0.819.